The molecule has 0 radical (unpaired) electrons. The maximum Gasteiger partial charge on any atom is 0.324 e. The van der Waals surface area contributed by atoms with Gasteiger partial charge in [0.25, 0.3) is 0 Å². The molecule has 1 aliphatic heterocycles. The molecule has 0 spiro atoms. The van der Waals surface area contributed by atoms with Crippen molar-refractivity contribution < 1.29 is 19.8 Å². The van der Waals surface area contributed by atoms with Gasteiger partial charge in [-0.2, -0.15) is 0 Å². The van der Waals surface area contributed by atoms with Gasteiger partial charge >= 0.3 is 5.97 Å². The molecule has 0 aromatic rings. The van der Waals surface area contributed by atoms with E-state index in [9.17, 15) is 19.8 Å². The van der Waals surface area contributed by atoms with E-state index < -0.39 is 17.6 Å². The van der Waals surface area contributed by atoms with Crippen molar-refractivity contribution in [2.75, 3.05) is 6.54 Å². The minimum absolute atomic E-state index is 0.00799. The number of carboxylic acid groups (broad SMARTS) is 1. The molecule has 0 aliphatic carbocycles. The van der Waals surface area contributed by atoms with Crippen LogP contribution >= 0.6 is 0 Å². The molecule has 116 valence electrons. The van der Waals surface area contributed by atoms with Crippen molar-refractivity contribution in [3.05, 3.63) is 0 Å². The summed E-state index contributed by atoms with van der Waals surface area (Å²) in [7, 11) is 0. The van der Waals surface area contributed by atoms with Crippen LogP contribution in [-0.2, 0) is 9.59 Å². The van der Waals surface area contributed by atoms with Crippen molar-refractivity contribution in [3.8, 4) is 0 Å². The van der Waals surface area contributed by atoms with Crippen LogP contribution in [0.3, 0.4) is 0 Å². The summed E-state index contributed by atoms with van der Waals surface area (Å²) < 4.78 is 0. The van der Waals surface area contributed by atoms with E-state index in [2.05, 4.69) is 5.32 Å². The normalized spacial score (nSPS) is 24.8. The van der Waals surface area contributed by atoms with Crippen molar-refractivity contribution in [3.63, 3.8) is 0 Å². The molecule has 0 bridgehead atoms. The number of aliphatic hydroxyl groups is 1. The average Bonchev–Trinajstić information content (AvgIpc) is 2.56. The molecule has 1 aliphatic rings. The number of carbonyl (C=O) groups excluding carboxylic acids is 1. The maximum absolute atomic E-state index is 11.6. The molecule has 3 N–H and O–H groups in total. The molecular weight excluding hydrogens is 260 g/mol. The monoisotopic (exact) mass is 286 g/mol. The van der Waals surface area contributed by atoms with Gasteiger partial charge in [0.1, 0.15) is 6.04 Å². The van der Waals surface area contributed by atoms with Crippen LogP contribution in [0.2, 0.25) is 0 Å². The van der Waals surface area contributed by atoms with Gasteiger partial charge in [0, 0.05) is 0 Å². The van der Waals surface area contributed by atoms with Gasteiger partial charge < -0.3 is 15.5 Å². The first kappa shape index (κ1) is 16.9. The zero-order valence-corrected chi connectivity index (χ0v) is 12.9. The summed E-state index contributed by atoms with van der Waals surface area (Å²) in [6.45, 7) is 9.24. The molecular formula is C14H26N2O4. The van der Waals surface area contributed by atoms with Crippen LogP contribution in [0, 0.1) is 11.8 Å². The largest absolute Gasteiger partial charge is 0.480 e. The first-order valence-corrected chi connectivity index (χ1v) is 7.06. The second-order valence-corrected chi connectivity index (χ2v) is 6.62. The Kier molecular flexibility index (Phi) is 5.15. The van der Waals surface area contributed by atoms with Crippen molar-refractivity contribution in [2.24, 2.45) is 11.8 Å². The summed E-state index contributed by atoms with van der Waals surface area (Å²) in [5.74, 6) is -1.07. The number of rotatable bonds is 6. The SMILES string of the molecule is CC(C)CC(C)(O)C(C(=O)O)N1CC(=O)NC1C(C)C. The van der Waals surface area contributed by atoms with E-state index in [1.807, 2.05) is 27.7 Å². The smallest absolute Gasteiger partial charge is 0.324 e. The number of carboxylic acids is 1. The molecule has 0 aromatic carbocycles. The fourth-order valence-corrected chi connectivity index (χ4v) is 3.06. The maximum atomic E-state index is 11.6. The summed E-state index contributed by atoms with van der Waals surface area (Å²) in [5, 5.41) is 22.9. The van der Waals surface area contributed by atoms with E-state index >= 15 is 0 Å². The number of nitrogens with one attached hydrogen (secondary N) is 1. The molecule has 1 rings (SSSR count). The van der Waals surface area contributed by atoms with Gasteiger partial charge in [0.2, 0.25) is 5.91 Å². The minimum atomic E-state index is -1.39. The number of amides is 1. The number of nitrogens with zero attached hydrogens (tertiary/aromatic N) is 1. The zero-order chi connectivity index (χ0) is 15.7. The van der Waals surface area contributed by atoms with Crippen LogP contribution in [-0.4, -0.2) is 51.3 Å². The summed E-state index contributed by atoms with van der Waals surface area (Å²) in [6, 6.07) is -1.10. The van der Waals surface area contributed by atoms with Crippen LogP contribution < -0.4 is 5.32 Å². The predicted octanol–water partition coefficient (Wildman–Crippen LogP) is 0.651. The van der Waals surface area contributed by atoms with E-state index in [1.54, 1.807) is 4.90 Å². The van der Waals surface area contributed by atoms with Gasteiger partial charge in [-0.25, -0.2) is 0 Å². The molecule has 6 nitrogen and oxygen atoms in total. The Morgan fingerprint density at radius 2 is 2.00 bits per heavy atom. The van der Waals surface area contributed by atoms with Gasteiger partial charge in [0.15, 0.2) is 0 Å². The van der Waals surface area contributed by atoms with E-state index in [0.717, 1.165) is 0 Å². The van der Waals surface area contributed by atoms with Crippen LogP contribution in [0.15, 0.2) is 0 Å². The lowest BCUT2D eigenvalue weighted by Crippen LogP contribution is -2.59. The Balaban J connectivity index is 3.07. The highest BCUT2D eigenvalue weighted by Gasteiger charge is 2.48. The highest BCUT2D eigenvalue weighted by atomic mass is 16.4. The number of hydrogen-bond donors (Lipinski definition) is 3. The molecule has 0 saturated carbocycles. The highest BCUT2D eigenvalue weighted by molar-refractivity contribution is 5.83. The number of aliphatic carboxylic acids is 1. The van der Waals surface area contributed by atoms with Crippen molar-refractivity contribution in [2.45, 2.75) is 58.8 Å². The molecule has 3 atom stereocenters. The number of carbonyl (C=O) groups is 2. The lowest BCUT2D eigenvalue weighted by Gasteiger charge is -2.40. The lowest BCUT2D eigenvalue weighted by atomic mass is 9.85. The van der Waals surface area contributed by atoms with Crippen molar-refractivity contribution in [1.29, 1.82) is 0 Å². The minimum Gasteiger partial charge on any atom is -0.480 e. The van der Waals surface area contributed by atoms with Crippen LogP contribution in [0.5, 0.6) is 0 Å². The van der Waals surface area contributed by atoms with Gasteiger partial charge in [-0.15, -0.1) is 0 Å². The van der Waals surface area contributed by atoms with Gasteiger partial charge in [-0.05, 0) is 25.2 Å². The van der Waals surface area contributed by atoms with Gasteiger partial charge in [-0.1, -0.05) is 27.7 Å². The second kappa shape index (κ2) is 6.10. The Bertz CT molecular complexity index is 379. The van der Waals surface area contributed by atoms with E-state index in [1.165, 1.54) is 6.92 Å². The summed E-state index contributed by atoms with van der Waals surface area (Å²) in [5.41, 5.74) is -1.39. The Morgan fingerprint density at radius 1 is 1.45 bits per heavy atom. The number of hydrogen-bond acceptors (Lipinski definition) is 4. The first-order valence-electron chi connectivity index (χ1n) is 7.06. The fourth-order valence-electron chi connectivity index (χ4n) is 3.06. The topological polar surface area (TPSA) is 89.9 Å². The molecule has 1 saturated heterocycles. The third-order valence-electron chi connectivity index (χ3n) is 3.60. The quantitative estimate of drug-likeness (QED) is 0.667. The molecule has 6 heteroatoms. The molecule has 0 aromatic heterocycles. The molecule has 1 heterocycles. The second-order valence-electron chi connectivity index (χ2n) is 6.62. The standard InChI is InChI=1S/C14H26N2O4/c1-8(2)6-14(5,20)11(13(18)19)16-7-10(17)15-12(16)9(3)4/h8-9,11-12,20H,6-7H2,1-5H3,(H,15,17)(H,18,19). The third kappa shape index (κ3) is 3.70. The van der Waals surface area contributed by atoms with Gasteiger partial charge in [-0.3, -0.25) is 14.5 Å². The molecule has 1 fully saturated rings. The Morgan fingerprint density at radius 3 is 2.40 bits per heavy atom. The fraction of sp³-hybridized carbons (Fsp3) is 0.857. The zero-order valence-electron chi connectivity index (χ0n) is 12.9. The molecule has 20 heavy (non-hydrogen) atoms. The van der Waals surface area contributed by atoms with Crippen molar-refractivity contribution >= 4 is 11.9 Å². The van der Waals surface area contributed by atoms with Crippen molar-refractivity contribution in [1.82, 2.24) is 10.2 Å². The molecule has 1 amide bonds. The third-order valence-corrected chi connectivity index (χ3v) is 3.60. The Labute approximate surface area is 120 Å². The van der Waals surface area contributed by atoms with Crippen LogP contribution in [0.25, 0.3) is 0 Å². The average molecular weight is 286 g/mol. The highest BCUT2D eigenvalue weighted by Crippen LogP contribution is 2.28. The van der Waals surface area contributed by atoms with Crippen LogP contribution in [0.4, 0.5) is 0 Å². The summed E-state index contributed by atoms with van der Waals surface area (Å²) in [6.07, 6.45) is 0.00155. The summed E-state index contributed by atoms with van der Waals surface area (Å²) >= 11 is 0. The lowest BCUT2D eigenvalue weighted by molar-refractivity contribution is -0.157. The van der Waals surface area contributed by atoms with E-state index in [-0.39, 0.29) is 30.5 Å². The predicted molar refractivity (Wildman–Crippen MR) is 75.0 cm³/mol. The van der Waals surface area contributed by atoms with Crippen LogP contribution in [0.1, 0.15) is 41.0 Å². The van der Waals surface area contributed by atoms with Gasteiger partial charge in [0.05, 0.1) is 18.3 Å². The van der Waals surface area contributed by atoms with E-state index in [0.29, 0.717) is 6.42 Å². The molecule has 3 unspecified atom stereocenters. The van der Waals surface area contributed by atoms with E-state index in [4.69, 9.17) is 0 Å². The summed E-state index contributed by atoms with van der Waals surface area (Å²) in [4.78, 5) is 24.8. The first-order chi connectivity index (χ1) is 9.06. The Hall–Kier alpha value is -1.14.